The number of hydrogen-bond acceptors (Lipinski definition) is 3. The van der Waals surface area contributed by atoms with Crippen molar-refractivity contribution in [1.29, 1.82) is 0 Å². The van der Waals surface area contributed by atoms with Crippen LogP contribution < -0.4 is 0 Å². The number of hydrogen-bond donors (Lipinski definition) is 0. The lowest BCUT2D eigenvalue weighted by atomic mass is 9.68. The maximum atomic E-state index is 13.1. The van der Waals surface area contributed by atoms with Gasteiger partial charge in [0, 0.05) is 16.5 Å². The number of nitrogens with zero attached hydrogens (tertiary/aromatic N) is 2. The third-order valence-corrected chi connectivity index (χ3v) is 5.04. The van der Waals surface area contributed by atoms with Crippen LogP contribution >= 0.6 is 11.6 Å². The number of halogens is 1. The van der Waals surface area contributed by atoms with Crippen molar-refractivity contribution in [2.45, 2.75) is 24.3 Å². The molecule has 0 aromatic heterocycles. The van der Waals surface area contributed by atoms with Crippen molar-refractivity contribution in [3.05, 3.63) is 70.2 Å². The lowest BCUT2D eigenvalue weighted by Gasteiger charge is -2.34. The standard InChI is InChI=1S/C18H15ClN2O/c19-14-7-5-13(6-8-14)16-11-20-21-18(16)10-9-12-3-1-2-4-15(12)17(18)22/h1-8,16H,9-11H2/t16-,18-/m1/s1. The summed E-state index contributed by atoms with van der Waals surface area (Å²) in [5.74, 6) is 0.112. The van der Waals surface area contributed by atoms with Crippen LogP contribution in [0.25, 0.3) is 0 Å². The number of Topliss-reactive ketones (excluding diaryl/α,β-unsaturated/α-hetero) is 1. The maximum Gasteiger partial charge on any atom is 0.193 e. The molecule has 2 atom stereocenters. The van der Waals surface area contributed by atoms with E-state index in [-0.39, 0.29) is 11.7 Å². The fraction of sp³-hybridized carbons (Fsp3) is 0.278. The molecule has 0 amide bonds. The number of fused-ring (bicyclic) bond motifs is 1. The molecular formula is C18H15ClN2O. The Morgan fingerprint density at radius 1 is 1.09 bits per heavy atom. The number of carbonyl (C=O) groups excluding carboxylic acids is 1. The summed E-state index contributed by atoms with van der Waals surface area (Å²) in [7, 11) is 0. The Kier molecular flexibility index (Phi) is 3.12. The molecule has 0 fully saturated rings. The first-order valence-corrected chi connectivity index (χ1v) is 7.85. The summed E-state index contributed by atoms with van der Waals surface area (Å²) in [6.07, 6.45) is 1.59. The molecule has 22 heavy (non-hydrogen) atoms. The zero-order chi connectivity index (χ0) is 15.2. The summed E-state index contributed by atoms with van der Waals surface area (Å²) in [6.45, 7) is 0.565. The van der Waals surface area contributed by atoms with Gasteiger partial charge in [-0.25, -0.2) is 0 Å². The molecule has 1 aliphatic carbocycles. The highest BCUT2D eigenvalue weighted by Gasteiger charge is 2.51. The highest BCUT2D eigenvalue weighted by Crippen LogP contribution is 2.45. The molecule has 2 aromatic carbocycles. The summed E-state index contributed by atoms with van der Waals surface area (Å²) in [4.78, 5) is 13.1. The Balaban J connectivity index is 1.78. The maximum absolute atomic E-state index is 13.1. The SMILES string of the molecule is O=C1c2ccccc2CC[C@]12N=NC[C@@H]2c1ccc(Cl)cc1. The normalized spacial score (nSPS) is 26.4. The quantitative estimate of drug-likeness (QED) is 0.767. The van der Waals surface area contributed by atoms with E-state index in [0.717, 1.165) is 29.5 Å². The van der Waals surface area contributed by atoms with E-state index in [1.807, 2.05) is 48.5 Å². The lowest BCUT2D eigenvalue weighted by Crippen LogP contribution is -2.44. The van der Waals surface area contributed by atoms with Crippen molar-refractivity contribution in [3.63, 3.8) is 0 Å². The van der Waals surface area contributed by atoms with Gasteiger partial charge in [-0.1, -0.05) is 48.0 Å². The molecule has 1 heterocycles. The van der Waals surface area contributed by atoms with E-state index >= 15 is 0 Å². The molecule has 0 saturated carbocycles. The second-order valence-electron chi connectivity index (χ2n) is 5.94. The third kappa shape index (κ3) is 1.92. The third-order valence-electron chi connectivity index (χ3n) is 4.79. The van der Waals surface area contributed by atoms with E-state index in [2.05, 4.69) is 10.2 Å². The lowest BCUT2D eigenvalue weighted by molar-refractivity contribution is 0.0853. The molecule has 4 rings (SSSR count). The minimum Gasteiger partial charge on any atom is -0.291 e. The van der Waals surface area contributed by atoms with Crippen molar-refractivity contribution >= 4 is 17.4 Å². The van der Waals surface area contributed by atoms with E-state index in [0.29, 0.717) is 11.6 Å². The van der Waals surface area contributed by atoms with E-state index < -0.39 is 5.54 Å². The molecule has 2 aromatic rings. The van der Waals surface area contributed by atoms with E-state index in [9.17, 15) is 4.79 Å². The Morgan fingerprint density at radius 2 is 1.86 bits per heavy atom. The topological polar surface area (TPSA) is 41.8 Å². The van der Waals surface area contributed by atoms with Crippen LogP contribution in [-0.2, 0) is 6.42 Å². The zero-order valence-corrected chi connectivity index (χ0v) is 12.8. The number of benzene rings is 2. The van der Waals surface area contributed by atoms with Crippen molar-refractivity contribution in [3.8, 4) is 0 Å². The zero-order valence-electron chi connectivity index (χ0n) is 12.0. The van der Waals surface area contributed by atoms with Crippen molar-refractivity contribution in [2.24, 2.45) is 10.2 Å². The first kappa shape index (κ1) is 13.6. The van der Waals surface area contributed by atoms with Crippen LogP contribution in [0.4, 0.5) is 0 Å². The van der Waals surface area contributed by atoms with Crippen molar-refractivity contribution in [1.82, 2.24) is 0 Å². The highest BCUT2D eigenvalue weighted by molar-refractivity contribution is 6.30. The average Bonchev–Trinajstić information content (AvgIpc) is 2.97. The molecule has 0 radical (unpaired) electrons. The Bertz CT molecular complexity index is 769. The van der Waals surface area contributed by atoms with Crippen LogP contribution in [0.1, 0.15) is 33.8 Å². The molecule has 0 N–H and O–H groups in total. The van der Waals surface area contributed by atoms with Crippen LogP contribution in [0.15, 0.2) is 58.8 Å². The highest BCUT2D eigenvalue weighted by atomic mass is 35.5. The molecule has 0 unspecified atom stereocenters. The van der Waals surface area contributed by atoms with Gasteiger partial charge in [0.1, 0.15) is 0 Å². The number of aryl methyl sites for hydroxylation is 1. The second kappa shape index (κ2) is 5.03. The summed E-state index contributed by atoms with van der Waals surface area (Å²) in [6, 6.07) is 15.5. The first-order chi connectivity index (χ1) is 10.7. The summed E-state index contributed by atoms with van der Waals surface area (Å²) >= 11 is 5.98. The van der Waals surface area contributed by atoms with Crippen LogP contribution in [0.3, 0.4) is 0 Å². The van der Waals surface area contributed by atoms with Crippen LogP contribution in [-0.4, -0.2) is 17.9 Å². The van der Waals surface area contributed by atoms with Gasteiger partial charge in [-0.3, -0.25) is 4.79 Å². The molecular weight excluding hydrogens is 296 g/mol. The Morgan fingerprint density at radius 3 is 2.68 bits per heavy atom. The first-order valence-electron chi connectivity index (χ1n) is 7.47. The minimum absolute atomic E-state index is 0.00521. The van der Waals surface area contributed by atoms with Crippen LogP contribution in [0.2, 0.25) is 5.02 Å². The van der Waals surface area contributed by atoms with Gasteiger partial charge in [0.05, 0.1) is 6.54 Å². The summed E-state index contributed by atoms with van der Waals surface area (Å²) in [5, 5.41) is 9.36. The molecule has 4 heteroatoms. The molecule has 0 saturated heterocycles. The van der Waals surface area contributed by atoms with Gasteiger partial charge in [0.2, 0.25) is 0 Å². The summed E-state index contributed by atoms with van der Waals surface area (Å²) in [5.41, 5.74) is 2.27. The van der Waals surface area contributed by atoms with E-state index in [1.54, 1.807) is 0 Å². The van der Waals surface area contributed by atoms with Gasteiger partial charge in [0.15, 0.2) is 11.3 Å². The molecule has 2 aliphatic rings. The van der Waals surface area contributed by atoms with Crippen LogP contribution in [0.5, 0.6) is 0 Å². The second-order valence-corrected chi connectivity index (χ2v) is 6.38. The van der Waals surface area contributed by atoms with E-state index in [1.165, 1.54) is 0 Å². The Labute approximate surface area is 134 Å². The smallest absolute Gasteiger partial charge is 0.193 e. The number of rotatable bonds is 1. The van der Waals surface area contributed by atoms with Crippen molar-refractivity contribution in [2.75, 3.05) is 6.54 Å². The van der Waals surface area contributed by atoms with Gasteiger partial charge in [-0.15, -0.1) is 0 Å². The van der Waals surface area contributed by atoms with Gasteiger partial charge >= 0.3 is 0 Å². The van der Waals surface area contributed by atoms with Gasteiger partial charge in [0.25, 0.3) is 0 Å². The molecule has 1 aliphatic heterocycles. The van der Waals surface area contributed by atoms with Gasteiger partial charge < -0.3 is 0 Å². The molecule has 110 valence electrons. The average molecular weight is 311 g/mol. The number of carbonyl (C=O) groups is 1. The fourth-order valence-corrected chi connectivity index (χ4v) is 3.73. The minimum atomic E-state index is -0.734. The fourth-order valence-electron chi connectivity index (χ4n) is 3.61. The predicted octanol–water partition coefficient (Wildman–Crippen LogP) is 4.46. The summed E-state index contributed by atoms with van der Waals surface area (Å²) < 4.78 is 0. The predicted molar refractivity (Wildman–Crippen MR) is 85.7 cm³/mol. The largest absolute Gasteiger partial charge is 0.291 e. The van der Waals surface area contributed by atoms with Crippen LogP contribution in [0, 0.1) is 0 Å². The number of ketones is 1. The van der Waals surface area contributed by atoms with Crippen molar-refractivity contribution < 1.29 is 4.79 Å². The molecule has 0 bridgehead atoms. The monoisotopic (exact) mass is 310 g/mol. The molecule has 3 nitrogen and oxygen atoms in total. The number of azo groups is 1. The van der Waals surface area contributed by atoms with Gasteiger partial charge in [-0.2, -0.15) is 10.2 Å². The van der Waals surface area contributed by atoms with Gasteiger partial charge in [-0.05, 0) is 36.1 Å². The Hall–Kier alpha value is -2.00. The molecule has 1 spiro atoms. The van der Waals surface area contributed by atoms with E-state index in [4.69, 9.17) is 11.6 Å².